The largest absolute Gasteiger partial charge is 0.504 e. The van der Waals surface area contributed by atoms with Gasteiger partial charge in [0.2, 0.25) is 14.9 Å². The molecule has 0 bridgehead atoms. The third kappa shape index (κ3) is 3.28. The van der Waals surface area contributed by atoms with E-state index in [0.29, 0.717) is 4.80 Å². The minimum absolute atomic E-state index is 0.0559. The van der Waals surface area contributed by atoms with Crippen molar-refractivity contribution in [3.8, 4) is 0 Å². The zero-order valence-electron chi connectivity index (χ0n) is 12.2. The quantitative estimate of drug-likeness (QED) is 0.389. The fourth-order valence-corrected chi connectivity index (χ4v) is 2.89. The molecule has 0 saturated heterocycles. The predicted octanol–water partition coefficient (Wildman–Crippen LogP) is 0.607. The van der Waals surface area contributed by atoms with Gasteiger partial charge in [-0.1, -0.05) is 0 Å². The summed E-state index contributed by atoms with van der Waals surface area (Å²) in [5.74, 6) is -2.08. The van der Waals surface area contributed by atoms with Crippen LogP contribution in [0.1, 0.15) is 10.6 Å². The highest BCUT2D eigenvalue weighted by Gasteiger charge is 2.23. The third-order valence-corrected chi connectivity index (χ3v) is 4.62. The van der Waals surface area contributed by atoms with Crippen LogP contribution in [-0.2, 0) is 9.84 Å². The maximum absolute atomic E-state index is 12.9. The molecule has 3 rings (SSSR count). The Kier molecular flexibility index (Phi) is 4.10. The summed E-state index contributed by atoms with van der Waals surface area (Å²) in [6.07, 6.45) is 2.74. The van der Waals surface area contributed by atoms with Crippen molar-refractivity contribution in [2.24, 2.45) is 0 Å². The molecule has 0 fully saturated rings. The first-order valence-corrected chi connectivity index (χ1v) is 8.10. The van der Waals surface area contributed by atoms with E-state index >= 15 is 0 Å². The molecule has 0 atom stereocenters. The smallest absolute Gasteiger partial charge is 0.291 e. The lowest BCUT2D eigenvalue weighted by atomic mass is 10.4. The number of benzene rings is 1. The van der Waals surface area contributed by atoms with E-state index in [-0.39, 0.29) is 10.7 Å². The first kappa shape index (κ1) is 16.4. The molecule has 0 aliphatic heterocycles. The standard InChI is InChI=1S/C13H9FN6O4S/c14-8-1-3-9(4-2-8)25(23,24)11-6-17-20(19-11)12(22)5-10(21)13-15-7-16-18-13/h1-7,21H,(H,15,16,18). The first-order valence-electron chi connectivity index (χ1n) is 6.61. The summed E-state index contributed by atoms with van der Waals surface area (Å²) in [6.45, 7) is 0. The number of H-pyrrole nitrogens is 1. The highest BCUT2D eigenvalue weighted by Crippen LogP contribution is 2.18. The Morgan fingerprint density at radius 2 is 2.00 bits per heavy atom. The van der Waals surface area contributed by atoms with Crippen LogP contribution < -0.4 is 0 Å². The van der Waals surface area contributed by atoms with Crippen LogP contribution in [0.2, 0.25) is 0 Å². The van der Waals surface area contributed by atoms with E-state index in [1.807, 2.05) is 0 Å². The van der Waals surface area contributed by atoms with Crippen molar-refractivity contribution in [1.82, 2.24) is 30.2 Å². The zero-order valence-corrected chi connectivity index (χ0v) is 13.1. The van der Waals surface area contributed by atoms with Gasteiger partial charge in [0.05, 0.1) is 17.2 Å². The molecule has 1 aromatic carbocycles. The Bertz CT molecular complexity index is 1040. The number of carbonyl (C=O) groups excluding carboxylic acids is 1. The van der Waals surface area contributed by atoms with E-state index < -0.39 is 32.3 Å². The minimum Gasteiger partial charge on any atom is -0.504 e. The predicted molar refractivity (Wildman–Crippen MR) is 79.5 cm³/mol. The number of hydrogen-bond acceptors (Lipinski definition) is 8. The number of carbonyl (C=O) groups is 1. The second kappa shape index (κ2) is 6.24. The number of nitrogens with zero attached hydrogens (tertiary/aromatic N) is 5. The van der Waals surface area contributed by atoms with Gasteiger partial charge in [-0.25, -0.2) is 17.8 Å². The van der Waals surface area contributed by atoms with Crippen molar-refractivity contribution in [3.05, 3.63) is 54.5 Å². The van der Waals surface area contributed by atoms with E-state index in [0.717, 1.165) is 42.9 Å². The lowest BCUT2D eigenvalue weighted by Gasteiger charge is -2.00. The van der Waals surface area contributed by atoms with Crippen LogP contribution in [0.25, 0.3) is 5.76 Å². The highest BCUT2D eigenvalue weighted by molar-refractivity contribution is 7.91. The Morgan fingerprint density at radius 3 is 2.64 bits per heavy atom. The molecule has 12 heteroatoms. The summed E-state index contributed by atoms with van der Waals surface area (Å²) in [5.41, 5.74) is 0. The topological polar surface area (TPSA) is 144 Å². The average molecular weight is 364 g/mol. The molecule has 0 amide bonds. The fourth-order valence-electron chi connectivity index (χ4n) is 1.78. The number of aliphatic hydroxyl groups excluding tert-OH is 1. The molecular weight excluding hydrogens is 355 g/mol. The van der Waals surface area contributed by atoms with E-state index in [9.17, 15) is 22.7 Å². The Morgan fingerprint density at radius 1 is 1.28 bits per heavy atom. The van der Waals surface area contributed by atoms with Crippen molar-refractivity contribution >= 4 is 21.5 Å². The van der Waals surface area contributed by atoms with Crippen LogP contribution in [-0.4, -0.2) is 49.6 Å². The summed E-state index contributed by atoms with van der Waals surface area (Å²) < 4.78 is 37.6. The number of hydrogen-bond donors (Lipinski definition) is 2. The van der Waals surface area contributed by atoms with E-state index in [4.69, 9.17) is 0 Å². The van der Waals surface area contributed by atoms with Crippen molar-refractivity contribution < 1.29 is 22.7 Å². The van der Waals surface area contributed by atoms with Crippen LogP contribution in [0.15, 0.2) is 52.8 Å². The van der Waals surface area contributed by atoms with Gasteiger partial charge in [-0.3, -0.25) is 9.89 Å². The molecule has 0 spiro atoms. The van der Waals surface area contributed by atoms with Crippen molar-refractivity contribution in [2.45, 2.75) is 9.92 Å². The zero-order chi connectivity index (χ0) is 18.0. The SMILES string of the molecule is O=C(C=C(O)c1ncn[nH]1)n1ncc(S(=O)(=O)c2ccc(F)cc2)n1. The maximum Gasteiger partial charge on any atom is 0.291 e. The number of aromatic amines is 1. The van der Waals surface area contributed by atoms with Crippen LogP contribution in [0, 0.1) is 5.82 Å². The summed E-state index contributed by atoms with van der Waals surface area (Å²) in [7, 11) is -4.07. The number of aliphatic hydroxyl groups is 1. The lowest BCUT2D eigenvalue weighted by Crippen LogP contribution is -2.13. The summed E-state index contributed by atoms with van der Waals surface area (Å²) in [6, 6.07) is 4.11. The molecule has 2 heterocycles. The monoisotopic (exact) mass is 364 g/mol. The molecule has 0 saturated carbocycles. The third-order valence-electron chi connectivity index (χ3n) is 2.99. The van der Waals surface area contributed by atoms with Crippen LogP contribution in [0.5, 0.6) is 0 Å². The normalized spacial score (nSPS) is 12.3. The molecule has 0 aliphatic rings. The molecule has 3 aromatic rings. The summed E-state index contributed by atoms with van der Waals surface area (Å²) in [5, 5.41) is 22.2. The van der Waals surface area contributed by atoms with Crippen LogP contribution >= 0.6 is 0 Å². The van der Waals surface area contributed by atoms with Gasteiger partial charge in [0.25, 0.3) is 5.91 Å². The van der Waals surface area contributed by atoms with Crippen molar-refractivity contribution in [1.29, 1.82) is 0 Å². The Balaban J connectivity index is 1.88. The number of rotatable bonds is 4. The lowest BCUT2D eigenvalue weighted by molar-refractivity contribution is 0.0934. The van der Waals surface area contributed by atoms with Gasteiger partial charge in [0.15, 0.2) is 11.6 Å². The number of allylic oxidation sites excluding steroid dienone is 1. The first-order chi connectivity index (χ1) is 11.9. The van der Waals surface area contributed by atoms with Gasteiger partial charge < -0.3 is 5.11 Å². The van der Waals surface area contributed by atoms with Gasteiger partial charge in [0, 0.05) is 0 Å². The second-order valence-corrected chi connectivity index (χ2v) is 6.53. The molecule has 2 aromatic heterocycles. The minimum atomic E-state index is -4.07. The van der Waals surface area contributed by atoms with Crippen molar-refractivity contribution in [3.63, 3.8) is 0 Å². The summed E-state index contributed by atoms with van der Waals surface area (Å²) in [4.78, 5) is 15.9. The van der Waals surface area contributed by atoms with Crippen LogP contribution in [0.3, 0.4) is 0 Å². The number of aromatic nitrogens is 6. The van der Waals surface area contributed by atoms with E-state index in [1.165, 1.54) is 0 Å². The average Bonchev–Trinajstić information content (AvgIpc) is 3.27. The second-order valence-electron chi connectivity index (χ2n) is 4.63. The molecule has 2 N–H and O–H groups in total. The van der Waals surface area contributed by atoms with Gasteiger partial charge >= 0.3 is 0 Å². The molecule has 0 radical (unpaired) electrons. The van der Waals surface area contributed by atoms with Crippen LogP contribution in [0.4, 0.5) is 4.39 Å². The molecule has 10 nitrogen and oxygen atoms in total. The number of halogens is 1. The van der Waals surface area contributed by atoms with Gasteiger partial charge in [-0.2, -0.15) is 10.2 Å². The van der Waals surface area contributed by atoms with Gasteiger partial charge in [0.1, 0.15) is 12.1 Å². The van der Waals surface area contributed by atoms with Gasteiger partial charge in [-0.05, 0) is 24.3 Å². The Labute approximate surface area is 139 Å². The Hall–Kier alpha value is -3.41. The number of sulfone groups is 1. The summed E-state index contributed by atoms with van der Waals surface area (Å²) >= 11 is 0. The van der Waals surface area contributed by atoms with E-state index in [2.05, 4.69) is 25.4 Å². The molecule has 0 unspecified atom stereocenters. The molecule has 128 valence electrons. The fraction of sp³-hybridized carbons (Fsp3) is 0. The highest BCUT2D eigenvalue weighted by atomic mass is 32.2. The molecule has 0 aliphatic carbocycles. The number of nitrogens with one attached hydrogen (secondary N) is 1. The molecule has 25 heavy (non-hydrogen) atoms. The maximum atomic E-state index is 12.9. The molecular formula is C13H9FN6O4S. The van der Waals surface area contributed by atoms with Crippen molar-refractivity contribution in [2.75, 3.05) is 0 Å². The van der Waals surface area contributed by atoms with E-state index in [1.54, 1.807) is 0 Å². The van der Waals surface area contributed by atoms with Gasteiger partial charge in [-0.15, -0.1) is 9.90 Å².